The summed E-state index contributed by atoms with van der Waals surface area (Å²) in [5.41, 5.74) is 0. The van der Waals surface area contributed by atoms with Crippen LogP contribution in [0.1, 0.15) is 348 Å². The first-order valence-corrected chi connectivity index (χ1v) is 31.3. The van der Waals surface area contributed by atoms with Crippen molar-refractivity contribution in [3.05, 3.63) is 24.3 Å². The molecule has 6 heteroatoms. The molecular formula is C64H120O6. The highest BCUT2D eigenvalue weighted by Gasteiger charge is 2.19. The monoisotopic (exact) mass is 985 g/mol. The van der Waals surface area contributed by atoms with Crippen molar-refractivity contribution in [2.75, 3.05) is 13.2 Å². The van der Waals surface area contributed by atoms with Gasteiger partial charge in [0.2, 0.25) is 0 Å². The van der Waals surface area contributed by atoms with Crippen molar-refractivity contribution in [2.45, 2.75) is 354 Å². The summed E-state index contributed by atoms with van der Waals surface area (Å²) in [6.07, 6.45) is 70.3. The van der Waals surface area contributed by atoms with E-state index in [-0.39, 0.29) is 31.1 Å². The SMILES string of the molecule is CCCCCCC/C=C\C/C=C\CCCCCCCCCCCC(=O)OCC(COC(=O)CCCCCCCCCCCCCC)OC(=O)CCCCCCCCCCCCCCCCCCCCC. The molecular weight excluding hydrogens is 865 g/mol. The highest BCUT2D eigenvalue weighted by molar-refractivity contribution is 5.71. The second-order valence-corrected chi connectivity index (χ2v) is 21.3. The van der Waals surface area contributed by atoms with Crippen molar-refractivity contribution in [1.82, 2.24) is 0 Å². The Morgan fingerprint density at radius 2 is 0.514 bits per heavy atom. The van der Waals surface area contributed by atoms with E-state index in [0.29, 0.717) is 19.3 Å². The number of esters is 3. The fourth-order valence-electron chi connectivity index (χ4n) is 9.48. The first-order chi connectivity index (χ1) is 34.5. The van der Waals surface area contributed by atoms with Crippen LogP contribution < -0.4 is 0 Å². The minimum atomic E-state index is -0.768. The van der Waals surface area contributed by atoms with Crippen LogP contribution in [0.2, 0.25) is 0 Å². The predicted molar refractivity (Wildman–Crippen MR) is 303 cm³/mol. The van der Waals surface area contributed by atoms with Gasteiger partial charge in [0, 0.05) is 19.3 Å². The molecule has 0 rings (SSSR count). The van der Waals surface area contributed by atoms with Gasteiger partial charge in [0.25, 0.3) is 0 Å². The number of allylic oxidation sites excluding steroid dienone is 4. The van der Waals surface area contributed by atoms with Gasteiger partial charge in [-0.15, -0.1) is 0 Å². The summed E-state index contributed by atoms with van der Waals surface area (Å²) in [6.45, 7) is 6.69. The molecule has 70 heavy (non-hydrogen) atoms. The molecule has 0 saturated heterocycles. The van der Waals surface area contributed by atoms with E-state index in [2.05, 4.69) is 45.1 Å². The Bertz CT molecular complexity index is 1130. The van der Waals surface area contributed by atoms with Crippen molar-refractivity contribution in [3.63, 3.8) is 0 Å². The van der Waals surface area contributed by atoms with E-state index in [9.17, 15) is 14.4 Å². The molecule has 0 aliphatic heterocycles. The zero-order chi connectivity index (χ0) is 50.7. The molecule has 0 aromatic carbocycles. The fraction of sp³-hybridized carbons (Fsp3) is 0.891. The average molecular weight is 986 g/mol. The van der Waals surface area contributed by atoms with E-state index >= 15 is 0 Å². The van der Waals surface area contributed by atoms with Gasteiger partial charge in [0.05, 0.1) is 0 Å². The molecule has 0 amide bonds. The van der Waals surface area contributed by atoms with Crippen LogP contribution in [0.15, 0.2) is 24.3 Å². The quantitative estimate of drug-likeness (QED) is 0.0261. The van der Waals surface area contributed by atoms with Gasteiger partial charge in [-0.25, -0.2) is 0 Å². The summed E-state index contributed by atoms with van der Waals surface area (Å²) in [5, 5.41) is 0. The molecule has 412 valence electrons. The maximum absolute atomic E-state index is 12.9. The molecule has 0 saturated carbocycles. The summed E-state index contributed by atoms with van der Waals surface area (Å²) >= 11 is 0. The van der Waals surface area contributed by atoms with Gasteiger partial charge in [0.1, 0.15) is 13.2 Å². The van der Waals surface area contributed by atoms with Crippen LogP contribution in [0.3, 0.4) is 0 Å². The highest BCUT2D eigenvalue weighted by Crippen LogP contribution is 2.18. The minimum Gasteiger partial charge on any atom is -0.462 e. The number of hydrogen-bond acceptors (Lipinski definition) is 6. The lowest BCUT2D eigenvalue weighted by molar-refractivity contribution is -0.167. The van der Waals surface area contributed by atoms with Crippen LogP contribution in [0.5, 0.6) is 0 Å². The Morgan fingerprint density at radius 1 is 0.286 bits per heavy atom. The fourth-order valence-corrected chi connectivity index (χ4v) is 9.48. The Balaban J connectivity index is 4.27. The van der Waals surface area contributed by atoms with E-state index < -0.39 is 6.10 Å². The standard InChI is InChI=1S/C64H120O6/c1-4-7-10-13-16-19-22-25-27-29-31-32-34-35-37-39-42-45-48-51-54-57-63(66)69-60-61(59-68-62(65)56-53-50-47-44-41-24-21-18-15-12-9-6-3)70-64(67)58-55-52-49-46-43-40-38-36-33-30-28-26-23-20-17-14-11-8-5-2/h22,25,29,31,61H,4-21,23-24,26-28,30,32-60H2,1-3H3/b25-22-,31-29-. The summed E-state index contributed by atoms with van der Waals surface area (Å²) in [6, 6.07) is 0. The topological polar surface area (TPSA) is 78.9 Å². The van der Waals surface area contributed by atoms with Gasteiger partial charge >= 0.3 is 17.9 Å². The van der Waals surface area contributed by atoms with E-state index in [1.165, 1.54) is 244 Å². The number of rotatable bonds is 58. The Kier molecular flexibility index (Phi) is 57.7. The molecule has 0 aliphatic rings. The minimum absolute atomic E-state index is 0.0665. The second kappa shape index (κ2) is 59.5. The van der Waals surface area contributed by atoms with Crippen molar-refractivity contribution < 1.29 is 28.6 Å². The van der Waals surface area contributed by atoms with Gasteiger partial charge in [0.15, 0.2) is 6.10 Å². The highest BCUT2D eigenvalue weighted by atomic mass is 16.6. The molecule has 0 bridgehead atoms. The second-order valence-electron chi connectivity index (χ2n) is 21.3. The van der Waals surface area contributed by atoms with Gasteiger partial charge in [-0.05, 0) is 51.4 Å². The van der Waals surface area contributed by atoms with Crippen molar-refractivity contribution in [2.24, 2.45) is 0 Å². The number of unbranched alkanes of at least 4 members (excludes halogenated alkanes) is 43. The van der Waals surface area contributed by atoms with Gasteiger partial charge in [-0.3, -0.25) is 14.4 Å². The zero-order valence-corrected chi connectivity index (χ0v) is 47.3. The molecule has 0 fully saturated rings. The van der Waals surface area contributed by atoms with Crippen molar-refractivity contribution in [3.8, 4) is 0 Å². The summed E-state index contributed by atoms with van der Waals surface area (Å²) < 4.78 is 16.9. The van der Waals surface area contributed by atoms with Gasteiger partial charge in [-0.2, -0.15) is 0 Å². The number of hydrogen-bond donors (Lipinski definition) is 0. The van der Waals surface area contributed by atoms with Crippen LogP contribution >= 0.6 is 0 Å². The average Bonchev–Trinajstić information content (AvgIpc) is 3.36. The molecule has 0 spiro atoms. The van der Waals surface area contributed by atoms with E-state index in [1.54, 1.807) is 0 Å². The van der Waals surface area contributed by atoms with Crippen molar-refractivity contribution >= 4 is 17.9 Å². The number of ether oxygens (including phenoxy) is 3. The molecule has 6 nitrogen and oxygen atoms in total. The third-order valence-electron chi connectivity index (χ3n) is 14.2. The lowest BCUT2D eigenvalue weighted by atomic mass is 10.0. The molecule has 0 aromatic rings. The summed E-state index contributed by atoms with van der Waals surface area (Å²) in [5.74, 6) is -0.845. The van der Waals surface area contributed by atoms with Crippen LogP contribution in [-0.4, -0.2) is 37.2 Å². The Morgan fingerprint density at radius 3 is 0.786 bits per heavy atom. The molecule has 0 aliphatic carbocycles. The number of carbonyl (C=O) groups excluding carboxylic acids is 3. The van der Waals surface area contributed by atoms with E-state index in [0.717, 1.165) is 64.2 Å². The normalized spacial score (nSPS) is 12.1. The lowest BCUT2D eigenvalue weighted by Gasteiger charge is -2.18. The first kappa shape index (κ1) is 67.9. The summed E-state index contributed by atoms with van der Waals surface area (Å²) in [4.78, 5) is 38.2. The zero-order valence-electron chi connectivity index (χ0n) is 47.3. The maximum atomic E-state index is 12.9. The maximum Gasteiger partial charge on any atom is 0.306 e. The third-order valence-corrected chi connectivity index (χ3v) is 14.2. The smallest absolute Gasteiger partial charge is 0.306 e. The van der Waals surface area contributed by atoms with Crippen molar-refractivity contribution in [1.29, 1.82) is 0 Å². The Hall–Kier alpha value is -2.11. The molecule has 0 radical (unpaired) electrons. The largest absolute Gasteiger partial charge is 0.462 e. The van der Waals surface area contributed by atoms with Crippen LogP contribution in [0.4, 0.5) is 0 Å². The molecule has 0 heterocycles. The van der Waals surface area contributed by atoms with Gasteiger partial charge in [-0.1, -0.05) is 302 Å². The lowest BCUT2D eigenvalue weighted by Crippen LogP contribution is -2.30. The molecule has 1 unspecified atom stereocenters. The molecule has 0 aromatic heterocycles. The van der Waals surface area contributed by atoms with E-state index in [4.69, 9.17) is 14.2 Å². The van der Waals surface area contributed by atoms with Crippen LogP contribution in [0, 0.1) is 0 Å². The van der Waals surface area contributed by atoms with Crippen LogP contribution in [0.25, 0.3) is 0 Å². The van der Waals surface area contributed by atoms with Gasteiger partial charge < -0.3 is 14.2 Å². The Labute approximate surface area is 436 Å². The molecule has 0 N–H and O–H groups in total. The first-order valence-electron chi connectivity index (χ1n) is 31.3. The predicted octanol–water partition coefficient (Wildman–Crippen LogP) is 21.1. The van der Waals surface area contributed by atoms with E-state index in [1.807, 2.05) is 0 Å². The number of carbonyl (C=O) groups is 3. The molecule has 1 atom stereocenters. The van der Waals surface area contributed by atoms with Crippen LogP contribution in [-0.2, 0) is 28.6 Å². The third kappa shape index (κ3) is 56.8. The summed E-state index contributed by atoms with van der Waals surface area (Å²) in [7, 11) is 0.